The van der Waals surface area contributed by atoms with Crippen molar-refractivity contribution >= 4 is 17.6 Å². The van der Waals surface area contributed by atoms with E-state index >= 15 is 0 Å². The standard InChI is InChI=1S/C26H23NO6/c1-16-20(14-24(28)29)19-6-2-3-7-21(19)27(16)26(30)17-10-12-18(13-11-17)31-15-25-32-22-8-4-5-9-23(22)33-25/h2-13,16,20,25H,14-15H2,1H3,(H,28,29). The zero-order valence-corrected chi connectivity index (χ0v) is 18.0. The minimum absolute atomic E-state index is 0.0239. The minimum Gasteiger partial charge on any atom is -0.486 e. The number of amides is 1. The lowest BCUT2D eigenvalue weighted by molar-refractivity contribution is -0.137. The fraction of sp³-hybridized carbons (Fsp3) is 0.231. The summed E-state index contributed by atoms with van der Waals surface area (Å²) in [7, 11) is 0. The molecule has 33 heavy (non-hydrogen) atoms. The van der Waals surface area contributed by atoms with Crippen LogP contribution in [-0.2, 0) is 4.79 Å². The van der Waals surface area contributed by atoms with Gasteiger partial charge in [-0.1, -0.05) is 30.3 Å². The average molecular weight is 445 g/mol. The maximum atomic E-state index is 13.4. The van der Waals surface area contributed by atoms with Crippen molar-refractivity contribution in [3.05, 3.63) is 83.9 Å². The summed E-state index contributed by atoms with van der Waals surface area (Å²) < 4.78 is 17.2. The topological polar surface area (TPSA) is 85.3 Å². The van der Waals surface area contributed by atoms with Gasteiger partial charge in [0, 0.05) is 23.2 Å². The summed E-state index contributed by atoms with van der Waals surface area (Å²) in [6, 6.07) is 21.6. The molecule has 2 heterocycles. The van der Waals surface area contributed by atoms with E-state index in [2.05, 4.69) is 0 Å². The third kappa shape index (κ3) is 3.98. The Bertz CT molecular complexity index is 1170. The van der Waals surface area contributed by atoms with E-state index in [9.17, 15) is 14.7 Å². The molecule has 2 atom stereocenters. The first kappa shape index (κ1) is 20.9. The van der Waals surface area contributed by atoms with Crippen LogP contribution in [0.25, 0.3) is 0 Å². The predicted molar refractivity (Wildman–Crippen MR) is 121 cm³/mol. The monoisotopic (exact) mass is 445 g/mol. The van der Waals surface area contributed by atoms with Crippen molar-refractivity contribution < 1.29 is 28.9 Å². The van der Waals surface area contributed by atoms with Crippen molar-refractivity contribution in [2.45, 2.75) is 31.6 Å². The second kappa shape index (κ2) is 8.50. The fourth-order valence-electron chi connectivity index (χ4n) is 4.46. The molecule has 1 amide bonds. The van der Waals surface area contributed by atoms with E-state index in [1.807, 2.05) is 55.5 Å². The van der Waals surface area contributed by atoms with Crippen LogP contribution in [0.5, 0.6) is 17.2 Å². The highest BCUT2D eigenvalue weighted by molar-refractivity contribution is 6.08. The number of benzene rings is 3. The number of anilines is 1. The van der Waals surface area contributed by atoms with E-state index in [4.69, 9.17) is 14.2 Å². The van der Waals surface area contributed by atoms with Crippen LogP contribution in [0, 0.1) is 0 Å². The summed E-state index contributed by atoms with van der Waals surface area (Å²) in [6.45, 7) is 2.10. The minimum atomic E-state index is -0.879. The quantitative estimate of drug-likeness (QED) is 0.603. The van der Waals surface area contributed by atoms with Crippen LogP contribution < -0.4 is 19.1 Å². The van der Waals surface area contributed by atoms with Crippen molar-refractivity contribution in [3.63, 3.8) is 0 Å². The van der Waals surface area contributed by atoms with E-state index in [-0.39, 0.29) is 30.9 Å². The van der Waals surface area contributed by atoms with Gasteiger partial charge in [0.05, 0.1) is 6.42 Å². The molecule has 7 heteroatoms. The normalized spacial score (nSPS) is 18.8. The third-order valence-corrected chi connectivity index (χ3v) is 6.05. The van der Waals surface area contributed by atoms with Gasteiger partial charge in [-0.3, -0.25) is 9.59 Å². The van der Waals surface area contributed by atoms with Gasteiger partial charge >= 0.3 is 5.97 Å². The molecule has 3 aromatic carbocycles. The van der Waals surface area contributed by atoms with Crippen LogP contribution >= 0.6 is 0 Å². The van der Waals surface area contributed by atoms with Crippen molar-refractivity contribution in [1.82, 2.24) is 0 Å². The number of carbonyl (C=O) groups is 2. The number of ether oxygens (including phenoxy) is 3. The van der Waals surface area contributed by atoms with Crippen LogP contribution in [-0.4, -0.2) is 35.9 Å². The summed E-state index contributed by atoms with van der Waals surface area (Å²) in [4.78, 5) is 26.4. The van der Waals surface area contributed by atoms with Crippen LogP contribution in [0.3, 0.4) is 0 Å². The van der Waals surface area contributed by atoms with E-state index in [0.29, 0.717) is 22.8 Å². The van der Waals surface area contributed by atoms with Crippen LogP contribution in [0.4, 0.5) is 5.69 Å². The summed E-state index contributed by atoms with van der Waals surface area (Å²) >= 11 is 0. The molecule has 5 rings (SSSR count). The Morgan fingerprint density at radius 2 is 1.58 bits per heavy atom. The van der Waals surface area contributed by atoms with Crippen molar-refractivity contribution in [2.24, 2.45) is 0 Å². The van der Waals surface area contributed by atoms with Gasteiger partial charge in [0.2, 0.25) is 0 Å². The second-order valence-corrected chi connectivity index (χ2v) is 8.13. The van der Waals surface area contributed by atoms with Gasteiger partial charge in [0.15, 0.2) is 18.1 Å². The highest BCUT2D eigenvalue weighted by atomic mass is 16.7. The molecule has 0 aliphatic carbocycles. The Balaban J connectivity index is 1.27. The number of aliphatic carboxylic acids is 1. The summed E-state index contributed by atoms with van der Waals surface area (Å²) in [5, 5.41) is 9.33. The molecule has 0 bridgehead atoms. The van der Waals surface area contributed by atoms with E-state index < -0.39 is 12.3 Å². The molecule has 7 nitrogen and oxygen atoms in total. The number of hydrogen-bond donors (Lipinski definition) is 1. The van der Waals surface area contributed by atoms with E-state index in [1.54, 1.807) is 29.2 Å². The highest BCUT2D eigenvalue weighted by Gasteiger charge is 2.40. The summed E-state index contributed by atoms with van der Waals surface area (Å²) in [6.07, 6.45) is -0.555. The molecule has 2 unspecified atom stereocenters. The zero-order valence-electron chi connectivity index (χ0n) is 18.0. The van der Waals surface area contributed by atoms with Gasteiger partial charge in [0.1, 0.15) is 5.75 Å². The molecule has 2 aliphatic rings. The lowest BCUT2D eigenvalue weighted by Crippen LogP contribution is -2.37. The van der Waals surface area contributed by atoms with Crippen molar-refractivity contribution in [1.29, 1.82) is 0 Å². The van der Waals surface area contributed by atoms with Gasteiger partial charge in [-0.15, -0.1) is 0 Å². The number of carbonyl (C=O) groups excluding carboxylic acids is 1. The molecule has 0 radical (unpaired) electrons. The molecule has 0 saturated heterocycles. The first-order valence-corrected chi connectivity index (χ1v) is 10.8. The Morgan fingerprint density at radius 3 is 2.24 bits per heavy atom. The van der Waals surface area contributed by atoms with Gasteiger partial charge in [-0.2, -0.15) is 0 Å². The Hall–Kier alpha value is -4.00. The molecule has 0 spiro atoms. The number of nitrogens with zero attached hydrogens (tertiary/aromatic N) is 1. The smallest absolute Gasteiger partial charge is 0.304 e. The molecule has 1 N–H and O–H groups in total. The molecule has 0 aromatic heterocycles. The third-order valence-electron chi connectivity index (χ3n) is 6.05. The van der Waals surface area contributed by atoms with Crippen LogP contribution in [0.15, 0.2) is 72.8 Å². The predicted octanol–water partition coefficient (Wildman–Crippen LogP) is 4.47. The Labute approximate surface area is 191 Å². The first-order chi connectivity index (χ1) is 16.0. The van der Waals surface area contributed by atoms with Crippen molar-refractivity contribution in [2.75, 3.05) is 11.5 Å². The molecule has 168 valence electrons. The Morgan fingerprint density at radius 1 is 0.939 bits per heavy atom. The number of carboxylic acid groups (broad SMARTS) is 1. The number of rotatable bonds is 6. The van der Waals surface area contributed by atoms with Gasteiger partial charge in [-0.05, 0) is 55.0 Å². The van der Waals surface area contributed by atoms with Gasteiger partial charge in [-0.25, -0.2) is 0 Å². The second-order valence-electron chi connectivity index (χ2n) is 8.13. The number of hydrogen-bond acceptors (Lipinski definition) is 5. The zero-order chi connectivity index (χ0) is 22.9. The highest BCUT2D eigenvalue weighted by Crippen LogP contribution is 2.43. The molecular weight excluding hydrogens is 422 g/mol. The molecule has 3 aromatic rings. The Kier molecular flexibility index (Phi) is 5.38. The fourth-order valence-corrected chi connectivity index (χ4v) is 4.46. The maximum absolute atomic E-state index is 13.4. The van der Waals surface area contributed by atoms with Crippen LogP contribution in [0.2, 0.25) is 0 Å². The SMILES string of the molecule is CC1C(CC(=O)O)c2ccccc2N1C(=O)c1ccc(OCC2Oc3ccccc3O2)cc1. The van der Waals surface area contributed by atoms with E-state index in [1.165, 1.54) is 0 Å². The maximum Gasteiger partial charge on any atom is 0.304 e. The van der Waals surface area contributed by atoms with Gasteiger partial charge < -0.3 is 24.2 Å². The summed E-state index contributed by atoms with van der Waals surface area (Å²) in [5.41, 5.74) is 2.15. The molecule has 0 fully saturated rings. The van der Waals surface area contributed by atoms with Crippen molar-refractivity contribution in [3.8, 4) is 17.2 Å². The number of para-hydroxylation sites is 3. The lowest BCUT2D eigenvalue weighted by atomic mass is 9.93. The first-order valence-electron chi connectivity index (χ1n) is 10.8. The van der Waals surface area contributed by atoms with E-state index in [0.717, 1.165) is 11.3 Å². The summed E-state index contributed by atoms with van der Waals surface area (Å²) in [5.74, 6) is 0.665. The van der Waals surface area contributed by atoms with Gasteiger partial charge in [0.25, 0.3) is 12.2 Å². The lowest BCUT2D eigenvalue weighted by Gasteiger charge is -2.25. The number of fused-ring (bicyclic) bond motifs is 2. The number of carboxylic acids is 1. The molecule has 0 saturated carbocycles. The molecular formula is C26H23NO6. The molecule has 2 aliphatic heterocycles. The largest absolute Gasteiger partial charge is 0.486 e. The van der Waals surface area contributed by atoms with Crippen LogP contribution in [0.1, 0.15) is 35.2 Å². The average Bonchev–Trinajstić information content (AvgIpc) is 3.36.